The monoisotopic (exact) mass is 648 g/mol. The summed E-state index contributed by atoms with van der Waals surface area (Å²) in [6, 6.07) is 5.30. The molecule has 1 aliphatic heterocycles. The lowest BCUT2D eigenvalue weighted by Gasteiger charge is -2.28. The molecule has 0 bridgehead atoms. The van der Waals surface area contributed by atoms with Crippen molar-refractivity contribution in [1.82, 2.24) is 14.9 Å². The predicted molar refractivity (Wildman–Crippen MR) is 172 cm³/mol. The van der Waals surface area contributed by atoms with Gasteiger partial charge in [-0.1, -0.05) is 25.0 Å². The van der Waals surface area contributed by atoms with Crippen molar-refractivity contribution in [3.8, 4) is 0 Å². The highest BCUT2D eigenvalue weighted by molar-refractivity contribution is 7.91. The number of anilines is 2. The number of benzene rings is 1. The van der Waals surface area contributed by atoms with E-state index in [1.165, 1.54) is 4.90 Å². The van der Waals surface area contributed by atoms with E-state index >= 15 is 0 Å². The van der Waals surface area contributed by atoms with Crippen LogP contribution in [0.5, 0.6) is 0 Å². The first-order chi connectivity index (χ1) is 21.1. The molecule has 2 fully saturated rings. The quantitative estimate of drug-likeness (QED) is 0.165. The largest absolute Gasteiger partial charge is 0.444 e. The number of nitrogens with zero attached hydrogens (tertiary/aromatic N) is 2. The number of amides is 4. The zero-order chi connectivity index (χ0) is 33.4. The molecule has 3 rings (SSSR count). The highest BCUT2D eigenvalue weighted by Gasteiger charge is 2.42. The molecule has 2 aliphatic rings. The normalized spacial score (nSPS) is 20.4. The van der Waals surface area contributed by atoms with Gasteiger partial charge in [0.1, 0.15) is 17.7 Å². The summed E-state index contributed by atoms with van der Waals surface area (Å²) in [5.41, 5.74) is 6.04. The Balaban J connectivity index is 1.40. The van der Waals surface area contributed by atoms with E-state index < -0.39 is 51.7 Å². The van der Waals surface area contributed by atoms with E-state index in [9.17, 15) is 27.6 Å². The molecular formula is C31H48N6O7S. The van der Waals surface area contributed by atoms with Crippen LogP contribution in [0, 0.1) is 11.8 Å². The second-order valence-corrected chi connectivity index (χ2v) is 14.3. The van der Waals surface area contributed by atoms with Crippen molar-refractivity contribution in [3.63, 3.8) is 0 Å². The van der Waals surface area contributed by atoms with Gasteiger partial charge in [-0.3, -0.25) is 19.1 Å². The van der Waals surface area contributed by atoms with E-state index in [0.717, 1.165) is 24.9 Å². The summed E-state index contributed by atoms with van der Waals surface area (Å²) in [6.45, 7) is 5.63. The van der Waals surface area contributed by atoms with Gasteiger partial charge in [0.25, 0.3) is 0 Å². The Labute approximate surface area is 266 Å². The second-order valence-electron chi connectivity index (χ2n) is 12.9. The Bertz CT molecular complexity index is 1340. The van der Waals surface area contributed by atoms with Crippen LogP contribution in [0.3, 0.4) is 0 Å². The molecule has 0 aromatic heterocycles. The molecule has 1 heterocycles. The SMILES string of the molecule is CN(C)c1ccc(NS(=O)(=O)NC(=O)[C@H]2CC2/C=C\CCCCC[C@H](NC(=O)OC(C)(C)C)C(=O)N2CCC[C@H]2C(N)=O)cc1. The molecule has 5 N–H and O–H groups in total. The van der Waals surface area contributed by atoms with E-state index in [1.807, 2.05) is 31.1 Å². The number of nitrogens with one attached hydrogen (secondary N) is 3. The summed E-state index contributed by atoms with van der Waals surface area (Å²) in [5.74, 6) is -1.83. The second kappa shape index (κ2) is 15.5. The van der Waals surface area contributed by atoms with E-state index in [1.54, 1.807) is 45.0 Å². The lowest BCUT2D eigenvalue weighted by atomic mass is 10.0. The number of carbonyl (C=O) groups excluding carboxylic acids is 4. The molecule has 1 aromatic rings. The number of primary amides is 1. The molecule has 45 heavy (non-hydrogen) atoms. The summed E-state index contributed by atoms with van der Waals surface area (Å²) in [7, 11) is -0.281. The molecule has 1 unspecified atom stereocenters. The van der Waals surface area contributed by atoms with E-state index in [-0.39, 0.29) is 11.8 Å². The molecule has 1 aliphatic carbocycles. The van der Waals surface area contributed by atoms with Crippen LogP contribution in [-0.4, -0.2) is 75.5 Å². The van der Waals surface area contributed by atoms with Gasteiger partial charge >= 0.3 is 16.3 Å². The van der Waals surface area contributed by atoms with E-state index in [2.05, 4.69) is 14.8 Å². The van der Waals surface area contributed by atoms with E-state index in [0.29, 0.717) is 44.3 Å². The van der Waals surface area contributed by atoms with Crippen LogP contribution in [-0.2, 0) is 29.3 Å². The summed E-state index contributed by atoms with van der Waals surface area (Å²) in [6.07, 6.45) is 8.41. The number of allylic oxidation sites excluding steroid dienone is 2. The Morgan fingerprint density at radius 3 is 2.42 bits per heavy atom. The number of likely N-dealkylation sites (tertiary alicyclic amines) is 1. The average Bonchev–Trinajstić information content (AvgIpc) is 3.53. The minimum atomic E-state index is -4.05. The van der Waals surface area contributed by atoms with Gasteiger partial charge in [0.05, 0.1) is 5.69 Å². The van der Waals surface area contributed by atoms with Crippen molar-refractivity contribution in [3.05, 3.63) is 36.4 Å². The molecule has 1 saturated carbocycles. The van der Waals surface area contributed by atoms with E-state index in [4.69, 9.17) is 10.5 Å². The summed E-state index contributed by atoms with van der Waals surface area (Å²) in [5, 5.41) is 2.68. The van der Waals surface area contributed by atoms with Crippen molar-refractivity contribution in [2.45, 2.75) is 89.8 Å². The molecular weight excluding hydrogens is 600 g/mol. The average molecular weight is 649 g/mol. The highest BCUT2D eigenvalue weighted by atomic mass is 32.2. The van der Waals surface area contributed by atoms with Crippen LogP contribution in [0.15, 0.2) is 36.4 Å². The van der Waals surface area contributed by atoms with Crippen molar-refractivity contribution in [1.29, 1.82) is 0 Å². The van der Waals surface area contributed by atoms with Crippen molar-refractivity contribution < 1.29 is 32.3 Å². The first-order valence-corrected chi connectivity index (χ1v) is 16.9. The first kappa shape index (κ1) is 35.7. The fourth-order valence-corrected chi connectivity index (χ4v) is 6.15. The van der Waals surface area contributed by atoms with Crippen LogP contribution in [0.2, 0.25) is 0 Å². The predicted octanol–water partition coefficient (Wildman–Crippen LogP) is 3.04. The highest BCUT2D eigenvalue weighted by Crippen LogP contribution is 2.40. The number of hydrogen-bond donors (Lipinski definition) is 4. The summed E-state index contributed by atoms with van der Waals surface area (Å²) < 4.78 is 34.7. The summed E-state index contributed by atoms with van der Waals surface area (Å²) >= 11 is 0. The molecule has 14 heteroatoms. The number of unbranched alkanes of at least 4 members (excludes halogenated alkanes) is 3. The molecule has 4 amide bonds. The number of rotatable bonds is 15. The van der Waals surface area contributed by atoms with Crippen LogP contribution < -0.4 is 25.4 Å². The molecule has 250 valence electrons. The zero-order valence-electron chi connectivity index (χ0n) is 26.9. The fourth-order valence-electron chi connectivity index (χ4n) is 5.24. The Kier molecular flexibility index (Phi) is 12.3. The third kappa shape index (κ3) is 11.6. The molecule has 13 nitrogen and oxygen atoms in total. The minimum absolute atomic E-state index is 0.0155. The third-order valence-corrected chi connectivity index (χ3v) is 8.62. The first-order valence-electron chi connectivity index (χ1n) is 15.4. The van der Waals surface area contributed by atoms with Gasteiger partial charge in [0, 0.05) is 32.2 Å². The van der Waals surface area contributed by atoms with Gasteiger partial charge in [-0.25, -0.2) is 9.52 Å². The number of nitrogens with two attached hydrogens (primary N) is 1. The smallest absolute Gasteiger partial charge is 0.408 e. The van der Waals surface area contributed by atoms with Gasteiger partial charge in [-0.15, -0.1) is 0 Å². The number of carbonyl (C=O) groups is 4. The lowest BCUT2D eigenvalue weighted by molar-refractivity contribution is -0.139. The molecule has 0 spiro atoms. The zero-order valence-corrected chi connectivity index (χ0v) is 27.7. The maximum Gasteiger partial charge on any atom is 0.408 e. The maximum absolute atomic E-state index is 13.3. The molecule has 4 atom stereocenters. The summed E-state index contributed by atoms with van der Waals surface area (Å²) in [4.78, 5) is 53.4. The van der Waals surface area contributed by atoms with Crippen LogP contribution in [0.25, 0.3) is 0 Å². The standard InChI is InChI=1S/C31H48N6O7S/c1-31(2,3)44-30(41)33-25(29(40)37-19-11-14-26(37)27(32)38)13-10-8-6-7-9-12-21-20-24(21)28(39)35-45(42,43)34-22-15-17-23(18-16-22)36(4)5/h9,12,15-18,21,24-26,34H,6-8,10-11,13-14,19-20H2,1-5H3,(H2,32,38)(H,33,41)(H,35,39)/b12-9-/t21?,24-,25-,26-/m0/s1. The maximum atomic E-state index is 13.3. The topological polar surface area (TPSA) is 180 Å². The Morgan fingerprint density at radius 1 is 1.11 bits per heavy atom. The van der Waals surface area contributed by atoms with Crippen LogP contribution in [0.1, 0.15) is 72.1 Å². The fraction of sp³-hybridized carbons (Fsp3) is 0.613. The third-order valence-electron chi connectivity index (χ3n) is 7.65. The van der Waals surface area contributed by atoms with Gasteiger partial charge < -0.3 is 25.6 Å². The van der Waals surface area contributed by atoms with Gasteiger partial charge in [-0.2, -0.15) is 8.42 Å². The lowest BCUT2D eigenvalue weighted by Crippen LogP contribution is -2.53. The molecule has 1 saturated heterocycles. The van der Waals surface area contributed by atoms with Crippen LogP contribution >= 0.6 is 0 Å². The van der Waals surface area contributed by atoms with Crippen molar-refractivity contribution in [2.75, 3.05) is 30.3 Å². The molecule has 1 aromatic carbocycles. The van der Waals surface area contributed by atoms with Crippen molar-refractivity contribution in [2.24, 2.45) is 17.6 Å². The van der Waals surface area contributed by atoms with Gasteiger partial charge in [0.2, 0.25) is 17.7 Å². The Hall–Kier alpha value is -3.81. The minimum Gasteiger partial charge on any atom is -0.444 e. The number of ether oxygens (including phenoxy) is 1. The van der Waals surface area contributed by atoms with Crippen molar-refractivity contribution >= 4 is 45.4 Å². The Morgan fingerprint density at radius 2 is 1.80 bits per heavy atom. The van der Waals surface area contributed by atoms with Gasteiger partial charge in [0.15, 0.2) is 0 Å². The van der Waals surface area contributed by atoms with Gasteiger partial charge in [-0.05, 0) is 89.5 Å². The number of alkyl carbamates (subject to hydrolysis) is 1. The molecule has 0 radical (unpaired) electrons. The number of hydrogen-bond acceptors (Lipinski definition) is 8. The van der Waals surface area contributed by atoms with Crippen LogP contribution in [0.4, 0.5) is 16.2 Å².